The van der Waals surface area contributed by atoms with E-state index in [0.29, 0.717) is 11.5 Å². The molecule has 6 nitrogen and oxygen atoms in total. The first-order valence-electron chi connectivity index (χ1n) is 12.1. The first-order valence-corrected chi connectivity index (χ1v) is 12.1. The summed E-state index contributed by atoms with van der Waals surface area (Å²) in [6.45, 7) is 16.4. The molecule has 3 aromatic rings. The van der Waals surface area contributed by atoms with Gasteiger partial charge in [0.2, 0.25) is 5.95 Å². The van der Waals surface area contributed by atoms with E-state index in [0.717, 1.165) is 18.4 Å². The molecule has 1 amide bonds. The van der Waals surface area contributed by atoms with Crippen molar-refractivity contribution in [2.75, 3.05) is 5.32 Å². The predicted molar refractivity (Wildman–Crippen MR) is 138 cm³/mol. The number of rotatable bonds is 6. The highest BCUT2D eigenvalue weighted by Gasteiger charge is 2.48. The first kappa shape index (κ1) is 23.9. The van der Waals surface area contributed by atoms with Gasteiger partial charge >= 0.3 is 0 Å². The lowest BCUT2D eigenvalue weighted by Gasteiger charge is -2.32. The quantitative estimate of drug-likeness (QED) is 0.434. The SMILES string of the molecule is CCCc1cc2c(cc1C(C)=Cc1ccc(C(=O)Nc3nnn[nH]3)cc1)C(C)(C)C(C)C2(C)C. The lowest BCUT2D eigenvalue weighted by atomic mass is 9.71. The third-order valence-corrected chi connectivity index (χ3v) is 7.87. The van der Waals surface area contributed by atoms with Gasteiger partial charge in [0.05, 0.1) is 0 Å². The predicted octanol–water partition coefficient (Wildman–Crippen LogP) is 6.17. The van der Waals surface area contributed by atoms with Crippen molar-refractivity contribution in [2.45, 2.75) is 72.1 Å². The smallest absolute Gasteiger partial charge is 0.258 e. The fraction of sp³-hybridized carbons (Fsp3) is 0.429. The van der Waals surface area contributed by atoms with Crippen LogP contribution in [0.2, 0.25) is 0 Å². The third-order valence-electron chi connectivity index (χ3n) is 7.87. The lowest BCUT2D eigenvalue weighted by Crippen LogP contribution is -2.30. The van der Waals surface area contributed by atoms with E-state index in [-0.39, 0.29) is 22.7 Å². The molecule has 0 bridgehead atoms. The summed E-state index contributed by atoms with van der Waals surface area (Å²) in [6.07, 6.45) is 4.39. The van der Waals surface area contributed by atoms with Crippen molar-refractivity contribution in [2.24, 2.45) is 5.92 Å². The van der Waals surface area contributed by atoms with Gasteiger partial charge in [0.1, 0.15) is 0 Å². The molecule has 2 aromatic carbocycles. The zero-order valence-electron chi connectivity index (χ0n) is 21.3. The van der Waals surface area contributed by atoms with Crippen LogP contribution in [0, 0.1) is 5.92 Å². The second-order valence-electron chi connectivity index (χ2n) is 10.6. The molecule has 0 spiro atoms. The molecule has 0 radical (unpaired) electrons. The number of aromatic amines is 1. The molecule has 0 aliphatic heterocycles. The van der Waals surface area contributed by atoms with Gasteiger partial charge in [-0.3, -0.25) is 10.1 Å². The van der Waals surface area contributed by atoms with Crippen molar-refractivity contribution in [3.05, 3.63) is 69.8 Å². The molecule has 1 unspecified atom stereocenters. The molecule has 1 atom stereocenters. The molecule has 2 N–H and O–H groups in total. The van der Waals surface area contributed by atoms with Crippen LogP contribution in [0.1, 0.15) is 93.1 Å². The molecule has 1 aliphatic rings. The van der Waals surface area contributed by atoms with Crippen molar-refractivity contribution < 1.29 is 4.79 Å². The van der Waals surface area contributed by atoms with Crippen molar-refractivity contribution in [3.8, 4) is 0 Å². The van der Waals surface area contributed by atoms with Gasteiger partial charge in [-0.25, -0.2) is 5.10 Å². The van der Waals surface area contributed by atoms with Crippen LogP contribution in [0.25, 0.3) is 11.6 Å². The van der Waals surface area contributed by atoms with Gasteiger partial charge in [-0.15, -0.1) is 0 Å². The lowest BCUT2D eigenvalue weighted by molar-refractivity contribution is 0.102. The Morgan fingerprint density at radius 1 is 1.09 bits per heavy atom. The Hall–Kier alpha value is -3.28. The number of anilines is 1. The number of aryl methyl sites for hydroxylation is 1. The Kier molecular flexibility index (Phi) is 6.19. The number of nitrogens with zero attached hydrogens (tertiary/aromatic N) is 3. The number of allylic oxidation sites excluding steroid dienone is 1. The van der Waals surface area contributed by atoms with E-state index in [1.54, 1.807) is 0 Å². The van der Waals surface area contributed by atoms with Crippen LogP contribution < -0.4 is 5.32 Å². The summed E-state index contributed by atoms with van der Waals surface area (Å²) in [6, 6.07) is 12.5. The van der Waals surface area contributed by atoms with E-state index >= 15 is 0 Å². The fourth-order valence-electron chi connectivity index (χ4n) is 5.37. The Morgan fingerprint density at radius 3 is 2.32 bits per heavy atom. The van der Waals surface area contributed by atoms with Crippen molar-refractivity contribution in [3.63, 3.8) is 0 Å². The van der Waals surface area contributed by atoms with E-state index < -0.39 is 0 Å². The normalized spacial score (nSPS) is 18.6. The van der Waals surface area contributed by atoms with Crippen molar-refractivity contribution in [1.82, 2.24) is 20.6 Å². The molecule has 178 valence electrons. The fourth-order valence-corrected chi connectivity index (χ4v) is 5.37. The first-order chi connectivity index (χ1) is 16.1. The second-order valence-corrected chi connectivity index (χ2v) is 10.6. The average molecular weight is 458 g/mol. The van der Waals surface area contributed by atoms with Gasteiger partial charge in [-0.1, -0.05) is 83.4 Å². The number of aromatic nitrogens is 4. The van der Waals surface area contributed by atoms with Crippen LogP contribution in [0.4, 0.5) is 5.95 Å². The minimum absolute atomic E-state index is 0.132. The summed E-state index contributed by atoms with van der Waals surface area (Å²) in [5.74, 6) is 0.536. The highest BCUT2D eigenvalue weighted by molar-refractivity contribution is 6.03. The van der Waals surface area contributed by atoms with Gasteiger partial charge < -0.3 is 0 Å². The number of fused-ring (bicyclic) bond motifs is 1. The van der Waals surface area contributed by atoms with Crippen LogP contribution in [0.15, 0.2) is 36.4 Å². The topological polar surface area (TPSA) is 83.6 Å². The number of hydrogen-bond acceptors (Lipinski definition) is 4. The van der Waals surface area contributed by atoms with Gasteiger partial charge in [0, 0.05) is 5.56 Å². The Morgan fingerprint density at radius 2 is 1.74 bits per heavy atom. The van der Waals surface area contributed by atoms with E-state index in [9.17, 15) is 4.79 Å². The number of benzene rings is 2. The summed E-state index contributed by atoms with van der Waals surface area (Å²) in [5.41, 5.74) is 8.87. The standard InChI is InChI=1S/C28H35N5O/c1-8-9-21-15-23-24(28(6,7)18(3)27(23,4)5)16-22(21)17(2)14-19-10-12-20(13-11-19)25(34)29-26-30-32-33-31-26/h10-16,18H,8-9H2,1-7H3,(H2,29,30,31,32,33,34). The van der Waals surface area contributed by atoms with E-state index in [1.807, 2.05) is 24.3 Å². The van der Waals surface area contributed by atoms with E-state index in [1.165, 1.54) is 27.8 Å². The highest BCUT2D eigenvalue weighted by Crippen LogP contribution is 2.54. The summed E-state index contributed by atoms with van der Waals surface area (Å²) < 4.78 is 0. The zero-order chi connectivity index (χ0) is 24.7. The number of amides is 1. The molecule has 0 fully saturated rings. The number of nitrogens with one attached hydrogen (secondary N) is 2. The monoisotopic (exact) mass is 457 g/mol. The maximum absolute atomic E-state index is 12.4. The van der Waals surface area contributed by atoms with Gasteiger partial charge in [-0.05, 0) is 86.0 Å². The molecule has 1 aliphatic carbocycles. The third kappa shape index (κ3) is 4.17. The average Bonchev–Trinajstić information content (AvgIpc) is 3.35. The molecular formula is C28H35N5O. The summed E-state index contributed by atoms with van der Waals surface area (Å²) in [5, 5.41) is 15.8. The van der Waals surface area contributed by atoms with Gasteiger partial charge in [0.25, 0.3) is 5.91 Å². The van der Waals surface area contributed by atoms with Crippen LogP contribution in [-0.2, 0) is 17.3 Å². The second kappa shape index (κ2) is 8.82. The highest BCUT2D eigenvalue weighted by atomic mass is 16.1. The van der Waals surface area contributed by atoms with Crippen molar-refractivity contribution >= 4 is 23.5 Å². The Bertz CT molecular complexity index is 1220. The van der Waals surface area contributed by atoms with Crippen molar-refractivity contribution in [1.29, 1.82) is 0 Å². The molecule has 0 saturated heterocycles. The number of hydrogen-bond donors (Lipinski definition) is 2. The number of carbonyl (C=O) groups excluding carboxylic acids is 1. The maximum atomic E-state index is 12.4. The van der Waals surface area contributed by atoms with Gasteiger partial charge in [-0.2, -0.15) is 0 Å². The maximum Gasteiger partial charge on any atom is 0.258 e. The van der Waals surface area contributed by atoms with Crippen LogP contribution in [-0.4, -0.2) is 26.5 Å². The number of tetrazole rings is 1. The summed E-state index contributed by atoms with van der Waals surface area (Å²) in [4.78, 5) is 12.4. The minimum Gasteiger partial charge on any atom is -0.289 e. The Balaban J connectivity index is 1.66. The van der Waals surface area contributed by atoms with Crippen LogP contribution in [0.3, 0.4) is 0 Å². The Labute approximate surface area is 202 Å². The van der Waals surface area contributed by atoms with Crippen LogP contribution >= 0.6 is 0 Å². The van der Waals surface area contributed by atoms with E-state index in [2.05, 4.69) is 92.6 Å². The number of carbonyl (C=O) groups is 1. The summed E-state index contributed by atoms with van der Waals surface area (Å²) >= 11 is 0. The van der Waals surface area contributed by atoms with E-state index in [4.69, 9.17) is 0 Å². The molecular weight excluding hydrogens is 422 g/mol. The molecule has 4 rings (SSSR count). The molecule has 6 heteroatoms. The van der Waals surface area contributed by atoms with Gasteiger partial charge in [0.15, 0.2) is 0 Å². The number of H-pyrrole nitrogens is 1. The molecule has 1 aromatic heterocycles. The molecule has 34 heavy (non-hydrogen) atoms. The molecule has 0 saturated carbocycles. The van der Waals surface area contributed by atoms with Crippen LogP contribution in [0.5, 0.6) is 0 Å². The summed E-state index contributed by atoms with van der Waals surface area (Å²) in [7, 11) is 0. The minimum atomic E-state index is -0.256. The zero-order valence-corrected chi connectivity index (χ0v) is 21.3. The molecule has 1 heterocycles. The largest absolute Gasteiger partial charge is 0.289 e.